The van der Waals surface area contributed by atoms with Gasteiger partial charge in [0.25, 0.3) is 0 Å². The lowest BCUT2D eigenvalue weighted by atomic mass is 9.99. The summed E-state index contributed by atoms with van der Waals surface area (Å²) >= 11 is 0. The van der Waals surface area contributed by atoms with E-state index in [1.54, 1.807) is 25.3 Å². The molecule has 28 heavy (non-hydrogen) atoms. The molecule has 1 unspecified atom stereocenters. The fraction of sp³-hybridized carbons (Fsp3) is 0.348. The number of rotatable bonds is 4. The molecule has 2 atom stereocenters. The Morgan fingerprint density at radius 1 is 1.29 bits per heavy atom. The van der Waals surface area contributed by atoms with Gasteiger partial charge in [-0.3, -0.25) is 4.79 Å². The number of phenolic OH excluding ortho intramolecular Hbond substituents is 1. The predicted octanol–water partition coefficient (Wildman–Crippen LogP) is 2.83. The Bertz CT molecular complexity index is 934. The van der Waals surface area contributed by atoms with E-state index in [4.69, 9.17) is 9.47 Å². The van der Waals surface area contributed by atoms with Gasteiger partial charge in [0.1, 0.15) is 18.0 Å². The topological polar surface area (TPSA) is 60.2 Å². The van der Waals surface area contributed by atoms with Gasteiger partial charge >= 0.3 is 0 Å². The third-order valence-corrected chi connectivity index (χ3v) is 5.63. The number of Topliss-reactive ketones (excluding diaryl/α,β-unsaturated/α-hetero) is 1. The molecule has 2 aliphatic rings. The van der Waals surface area contributed by atoms with Crippen molar-refractivity contribution in [2.45, 2.75) is 26.3 Å². The van der Waals surface area contributed by atoms with Crippen LogP contribution in [0.1, 0.15) is 41.3 Å². The van der Waals surface area contributed by atoms with Crippen LogP contribution < -0.4 is 14.4 Å². The number of phenols is 1. The van der Waals surface area contributed by atoms with Gasteiger partial charge in [-0.15, -0.1) is 0 Å². The first-order chi connectivity index (χ1) is 13.6. The Kier molecular flexibility index (Phi) is 5.09. The van der Waals surface area contributed by atoms with Crippen LogP contribution >= 0.6 is 0 Å². The van der Waals surface area contributed by atoms with Crippen LogP contribution in [-0.2, 0) is 6.54 Å². The SMILES string of the molecule is COc1ccccc1/C=C1\Oc2c(ccc(O)c2C[NH+]2CCC[C@H](C)C2)C1=O. The van der Waals surface area contributed by atoms with Crippen molar-refractivity contribution in [2.75, 3.05) is 20.2 Å². The number of methoxy groups -OCH3 is 1. The first kappa shape index (κ1) is 18.6. The minimum absolute atomic E-state index is 0.163. The Morgan fingerprint density at radius 3 is 2.89 bits per heavy atom. The quantitative estimate of drug-likeness (QED) is 0.801. The number of benzene rings is 2. The standard InChI is InChI=1S/C23H25NO4/c1-15-6-5-11-24(13-15)14-18-19(25)10-9-17-22(26)21(28-23(17)18)12-16-7-3-4-8-20(16)27-2/h3-4,7-10,12,15,25H,5-6,11,13-14H2,1-2H3/p+1/b21-12-/t15-/m0/s1. The Labute approximate surface area is 165 Å². The number of hydrogen-bond donors (Lipinski definition) is 2. The van der Waals surface area contributed by atoms with Gasteiger partial charge in [0.15, 0.2) is 11.5 Å². The van der Waals surface area contributed by atoms with Crippen molar-refractivity contribution in [3.8, 4) is 17.2 Å². The molecule has 0 spiro atoms. The molecule has 1 fully saturated rings. The summed E-state index contributed by atoms with van der Waals surface area (Å²) < 4.78 is 11.4. The van der Waals surface area contributed by atoms with Crippen molar-refractivity contribution in [3.63, 3.8) is 0 Å². The molecule has 5 nitrogen and oxygen atoms in total. The maximum Gasteiger partial charge on any atom is 0.231 e. The Morgan fingerprint density at radius 2 is 2.11 bits per heavy atom. The van der Waals surface area contributed by atoms with E-state index >= 15 is 0 Å². The fourth-order valence-corrected chi connectivity index (χ4v) is 4.20. The molecule has 146 valence electrons. The summed E-state index contributed by atoms with van der Waals surface area (Å²) in [6, 6.07) is 10.7. The summed E-state index contributed by atoms with van der Waals surface area (Å²) in [5.74, 6) is 2.13. The Hall–Kier alpha value is -2.79. The van der Waals surface area contributed by atoms with Crippen LogP contribution in [0.2, 0.25) is 0 Å². The highest BCUT2D eigenvalue weighted by Gasteiger charge is 2.33. The summed E-state index contributed by atoms with van der Waals surface area (Å²) in [6.07, 6.45) is 4.14. The van der Waals surface area contributed by atoms with Crippen molar-refractivity contribution in [1.82, 2.24) is 0 Å². The summed E-state index contributed by atoms with van der Waals surface area (Å²) in [4.78, 5) is 14.3. The molecule has 0 amide bonds. The molecule has 0 saturated carbocycles. The van der Waals surface area contributed by atoms with Crippen LogP contribution in [0.25, 0.3) is 6.08 Å². The van der Waals surface area contributed by atoms with Gasteiger partial charge in [0, 0.05) is 11.5 Å². The number of para-hydroxylation sites is 1. The molecule has 2 aliphatic heterocycles. The number of hydrogen-bond acceptors (Lipinski definition) is 4. The number of carbonyl (C=O) groups is 1. The number of nitrogens with one attached hydrogen (secondary N) is 1. The predicted molar refractivity (Wildman–Crippen MR) is 107 cm³/mol. The molecule has 0 radical (unpaired) electrons. The zero-order valence-electron chi connectivity index (χ0n) is 16.3. The average molecular weight is 380 g/mol. The van der Waals surface area contributed by atoms with Crippen LogP contribution in [0.5, 0.6) is 17.2 Å². The summed E-state index contributed by atoms with van der Waals surface area (Å²) in [5, 5.41) is 10.5. The number of fused-ring (bicyclic) bond motifs is 1. The molecule has 2 aromatic carbocycles. The van der Waals surface area contributed by atoms with Gasteiger partial charge in [0.05, 0.1) is 31.3 Å². The summed E-state index contributed by atoms with van der Waals surface area (Å²) in [7, 11) is 1.60. The van der Waals surface area contributed by atoms with E-state index in [1.165, 1.54) is 17.7 Å². The van der Waals surface area contributed by atoms with Gasteiger partial charge in [-0.05, 0) is 37.1 Å². The molecule has 0 aliphatic carbocycles. The molecule has 5 heteroatoms. The van der Waals surface area contributed by atoms with E-state index in [0.717, 1.165) is 24.2 Å². The highest BCUT2D eigenvalue weighted by Crippen LogP contribution is 2.39. The number of piperidine rings is 1. The zero-order chi connectivity index (χ0) is 19.7. The van der Waals surface area contributed by atoms with E-state index in [-0.39, 0.29) is 17.3 Å². The number of carbonyl (C=O) groups excluding carboxylic acids is 1. The monoisotopic (exact) mass is 380 g/mol. The molecule has 1 saturated heterocycles. The lowest BCUT2D eigenvalue weighted by Gasteiger charge is -2.28. The van der Waals surface area contributed by atoms with Crippen molar-refractivity contribution < 1.29 is 24.3 Å². The van der Waals surface area contributed by atoms with E-state index in [2.05, 4.69) is 6.92 Å². The van der Waals surface area contributed by atoms with Gasteiger partial charge in [-0.25, -0.2) is 0 Å². The van der Waals surface area contributed by atoms with Gasteiger partial charge in [0.2, 0.25) is 5.78 Å². The third kappa shape index (κ3) is 3.50. The number of ether oxygens (including phenoxy) is 2. The number of allylic oxidation sites excluding steroid dienone is 1. The highest BCUT2D eigenvalue weighted by molar-refractivity contribution is 6.15. The van der Waals surface area contributed by atoms with E-state index in [9.17, 15) is 9.90 Å². The summed E-state index contributed by atoms with van der Waals surface area (Å²) in [6.45, 7) is 5.07. The normalized spacial score (nSPS) is 22.8. The Balaban J connectivity index is 1.66. The smallest absolute Gasteiger partial charge is 0.231 e. The first-order valence-electron chi connectivity index (χ1n) is 9.82. The lowest BCUT2D eigenvalue weighted by Crippen LogP contribution is -3.12. The van der Waals surface area contributed by atoms with Crippen molar-refractivity contribution in [2.24, 2.45) is 5.92 Å². The van der Waals surface area contributed by atoms with Crippen molar-refractivity contribution in [3.05, 3.63) is 58.8 Å². The van der Waals surface area contributed by atoms with Gasteiger partial charge < -0.3 is 19.5 Å². The molecule has 0 aromatic heterocycles. The largest absolute Gasteiger partial charge is 0.507 e. The fourth-order valence-electron chi connectivity index (χ4n) is 4.20. The number of quaternary nitrogens is 1. The summed E-state index contributed by atoms with van der Waals surface area (Å²) in [5.41, 5.74) is 2.01. The second-order valence-electron chi connectivity index (χ2n) is 7.75. The van der Waals surface area contributed by atoms with Crippen LogP contribution in [0.15, 0.2) is 42.2 Å². The lowest BCUT2D eigenvalue weighted by molar-refractivity contribution is -0.922. The maximum absolute atomic E-state index is 12.9. The van der Waals surface area contributed by atoms with Crippen molar-refractivity contribution in [1.29, 1.82) is 0 Å². The molecule has 2 heterocycles. The number of aromatic hydroxyl groups is 1. The van der Waals surface area contributed by atoms with E-state index in [0.29, 0.717) is 29.5 Å². The highest BCUT2D eigenvalue weighted by atomic mass is 16.5. The third-order valence-electron chi connectivity index (χ3n) is 5.63. The second kappa shape index (κ2) is 7.68. The van der Waals surface area contributed by atoms with Crippen LogP contribution in [0.4, 0.5) is 0 Å². The molecular formula is C23H26NO4+. The second-order valence-corrected chi connectivity index (χ2v) is 7.75. The molecule has 2 aromatic rings. The molecule has 4 rings (SSSR count). The van der Waals surface area contributed by atoms with Crippen molar-refractivity contribution >= 4 is 11.9 Å². The van der Waals surface area contributed by atoms with Crippen LogP contribution in [0, 0.1) is 5.92 Å². The molecule has 2 N–H and O–H groups in total. The molecular weight excluding hydrogens is 354 g/mol. The minimum atomic E-state index is -0.163. The molecule has 0 bridgehead atoms. The van der Waals surface area contributed by atoms with E-state index in [1.807, 2.05) is 24.3 Å². The number of ketones is 1. The number of likely N-dealkylation sites (tertiary alicyclic amines) is 1. The van der Waals surface area contributed by atoms with Gasteiger partial charge in [-0.2, -0.15) is 0 Å². The first-order valence-corrected chi connectivity index (χ1v) is 9.82. The maximum atomic E-state index is 12.9. The van der Waals surface area contributed by atoms with E-state index < -0.39 is 0 Å². The average Bonchev–Trinajstić information content (AvgIpc) is 3.00. The van der Waals surface area contributed by atoms with Crippen LogP contribution in [0.3, 0.4) is 0 Å². The zero-order valence-corrected chi connectivity index (χ0v) is 16.3. The van der Waals surface area contributed by atoms with Gasteiger partial charge in [-0.1, -0.05) is 25.1 Å². The minimum Gasteiger partial charge on any atom is -0.507 e. The van der Waals surface area contributed by atoms with Crippen LogP contribution in [-0.4, -0.2) is 31.1 Å².